The van der Waals surface area contributed by atoms with Crippen LogP contribution in [0.1, 0.15) is 42.7 Å². The molecule has 0 atom stereocenters. The summed E-state index contributed by atoms with van der Waals surface area (Å²) in [6.45, 7) is 2.66. The lowest BCUT2D eigenvalue weighted by Crippen LogP contribution is -2.51. The van der Waals surface area contributed by atoms with Crippen molar-refractivity contribution in [3.05, 3.63) is 59.9 Å². The Morgan fingerprint density at radius 2 is 1.91 bits per heavy atom. The molecule has 0 spiro atoms. The lowest BCUT2D eigenvalue weighted by molar-refractivity contribution is -0.658. The number of fused-ring (bicyclic) bond motifs is 1. The Hall–Kier alpha value is -2.03. The number of pyridine rings is 1. The molecule has 2 aromatic rings. The van der Waals surface area contributed by atoms with Crippen LogP contribution in [-0.4, -0.2) is 6.85 Å². The highest BCUT2D eigenvalue weighted by atomic mass is 15.2. The fourth-order valence-corrected chi connectivity index (χ4v) is 4.10. The predicted octanol–water partition coefficient (Wildman–Crippen LogP) is 3.49. The van der Waals surface area contributed by atoms with Crippen molar-refractivity contribution in [2.45, 2.75) is 38.4 Å². The van der Waals surface area contributed by atoms with Crippen molar-refractivity contribution >= 4 is 24.2 Å². The molecule has 2 aliphatic rings. The number of aryl methyl sites for hydroxylation is 1. The second-order valence-corrected chi connectivity index (χ2v) is 6.94. The van der Waals surface area contributed by atoms with E-state index in [-0.39, 0.29) is 0 Å². The van der Waals surface area contributed by atoms with Crippen LogP contribution in [0.4, 0.5) is 5.82 Å². The van der Waals surface area contributed by atoms with Crippen LogP contribution in [0.15, 0.2) is 48.8 Å². The summed E-state index contributed by atoms with van der Waals surface area (Å²) < 4.78 is 2.24. The van der Waals surface area contributed by atoms with E-state index in [0.717, 1.165) is 5.92 Å². The van der Waals surface area contributed by atoms with E-state index in [2.05, 4.69) is 78.1 Å². The number of rotatable bonds is 2. The van der Waals surface area contributed by atoms with Crippen LogP contribution < -0.4 is 14.8 Å². The van der Waals surface area contributed by atoms with Crippen molar-refractivity contribution < 1.29 is 4.57 Å². The Balaban J connectivity index is 1.72. The molecule has 0 unspecified atom stereocenters. The normalized spacial score (nSPS) is 17.7. The first-order valence-electron chi connectivity index (χ1n) is 8.79. The van der Waals surface area contributed by atoms with Crippen molar-refractivity contribution in [2.75, 3.05) is 4.81 Å². The van der Waals surface area contributed by atoms with Crippen molar-refractivity contribution in [2.24, 2.45) is 7.05 Å². The van der Waals surface area contributed by atoms with Crippen LogP contribution in [0.2, 0.25) is 6.82 Å². The molecule has 1 fully saturated rings. The molecule has 2 heterocycles. The fourth-order valence-electron chi connectivity index (χ4n) is 4.10. The average Bonchev–Trinajstić information content (AvgIpc) is 3.11. The second-order valence-electron chi connectivity index (χ2n) is 6.94. The maximum absolute atomic E-state index is 2.41. The fraction of sp³-hybridized carbons (Fsp3) is 0.350. The van der Waals surface area contributed by atoms with E-state index in [4.69, 9.17) is 0 Å². The molecule has 0 saturated heterocycles. The Morgan fingerprint density at radius 3 is 2.74 bits per heavy atom. The van der Waals surface area contributed by atoms with E-state index < -0.39 is 0 Å². The molecule has 23 heavy (non-hydrogen) atoms. The summed E-state index contributed by atoms with van der Waals surface area (Å²) in [4.78, 5) is 2.40. The van der Waals surface area contributed by atoms with E-state index in [9.17, 15) is 0 Å². The van der Waals surface area contributed by atoms with Gasteiger partial charge in [0.15, 0.2) is 0 Å². The molecule has 0 amide bonds. The summed E-state index contributed by atoms with van der Waals surface area (Å²) in [6.07, 6.45) is 12.2. The summed E-state index contributed by atoms with van der Waals surface area (Å²) in [5.74, 6) is 2.04. The lowest BCUT2D eigenvalue weighted by Gasteiger charge is -2.25. The van der Waals surface area contributed by atoms with Crippen LogP contribution >= 0.6 is 0 Å². The third kappa shape index (κ3) is 2.58. The third-order valence-corrected chi connectivity index (χ3v) is 5.52. The number of hydrogen-bond acceptors (Lipinski definition) is 1. The average molecular weight is 303 g/mol. The Morgan fingerprint density at radius 1 is 1.13 bits per heavy atom. The van der Waals surface area contributed by atoms with Gasteiger partial charge in [-0.1, -0.05) is 37.1 Å². The molecule has 0 radical (unpaired) electrons. The third-order valence-electron chi connectivity index (χ3n) is 5.52. The zero-order valence-corrected chi connectivity index (χ0v) is 14.1. The molecule has 1 aromatic heterocycles. The minimum Gasteiger partial charge on any atom is -0.293 e. The van der Waals surface area contributed by atoms with Crippen LogP contribution in [0, 0.1) is 0 Å². The molecule has 4 rings (SSSR count). The largest absolute Gasteiger partial charge is 0.409 e. The molecule has 0 bridgehead atoms. The number of nitrogens with zero attached hydrogens (tertiary/aromatic N) is 2. The van der Waals surface area contributed by atoms with Gasteiger partial charge in [-0.3, -0.25) is 4.81 Å². The molecule has 0 N–H and O–H groups in total. The van der Waals surface area contributed by atoms with Gasteiger partial charge in [-0.05, 0) is 54.3 Å². The summed E-state index contributed by atoms with van der Waals surface area (Å²) in [5, 5.41) is 0. The highest BCUT2D eigenvalue weighted by Crippen LogP contribution is 2.34. The van der Waals surface area contributed by atoms with Crippen LogP contribution in [-0.2, 0) is 7.05 Å². The smallest absolute Gasteiger partial charge is 0.293 e. The van der Waals surface area contributed by atoms with Crippen molar-refractivity contribution in [1.29, 1.82) is 0 Å². The summed E-state index contributed by atoms with van der Waals surface area (Å²) in [7, 11) is 2.15. The van der Waals surface area contributed by atoms with Gasteiger partial charge in [0.2, 0.25) is 0 Å². The van der Waals surface area contributed by atoms with E-state index in [1.807, 2.05) is 0 Å². The molecule has 1 saturated carbocycles. The van der Waals surface area contributed by atoms with Crippen molar-refractivity contribution in [3.63, 3.8) is 0 Å². The first-order valence-corrected chi connectivity index (χ1v) is 8.79. The van der Waals surface area contributed by atoms with Gasteiger partial charge in [0.1, 0.15) is 0 Å². The quantitative estimate of drug-likeness (QED) is 0.608. The minimum atomic E-state index is 0.362. The molecule has 1 aliphatic carbocycles. The number of aromatic nitrogens is 1. The number of benzene rings is 1. The number of anilines is 1. The van der Waals surface area contributed by atoms with Crippen molar-refractivity contribution in [1.82, 2.24) is 0 Å². The van der Waals surface area contributed by atoms with E-state index >= 15 is 0 Å². The molecule has 1 aliphatic heterocycles. The van der Waals surface area contributed by atoms with Gasteiger partial charge in [-0.2, -0.15) is 0 Å². The summed E-state index contributed by atoms with van der Waals surface area (Å²) >= 11 is 0. The van der Waals surface area contributed by atoms with E-state index in [1.165, 1.54) is 48.1 Å². The zero-order chi connectivity index (χ0) is 15.8. The van der Waals surface area contributed by atoms with Gasteiger partial charge < -0.3 is 0 Å². The van der Waals surface area contributed by atoms with Gasteiger partial charge >= 0.3 is 6.85 Å². The van der Waals surface area contributed by atoms with E-state index in [1.54, 1.807) is 0 Å². The zero-order valence-electron chi connectivity index (χ0n) is 14.1. The first-order chi connectivity index (χ1) is 11.2. The van der Waals surface area contributed by atoms with Gasteiger partial charge in [0.25, 0.3) is 5.82 Å². The predicted molar refractivity (Wildman–Crippen MR) is 98.0 cm³/mol. The minimum absolute atomic E-state index is 0.362. The highest BCUT2D eigenvalue weighted by molar-refractivity contribution is 6.77. The second kappa shape index (κ2) is 5.88. The van der Waals surface area contributed by atoms with Gasteiger partial charge in [0.05, 0.1) is 19.4 Å². The Kier molecular flexibility index (Phi) is 3.72. The lowest BCUT2D eigenvalue weighted by atomic mass is 9.54. The Bertz CT molecular complexity index is 747. The monoisotopic (exact) mass is 303 g/mol. The summed E-state index contributed by atoms with van der Waals surface area (Å²) in [5.41, 5.74) is 4.25. The molecular formula is C20H24BN2+. The van der Waals surface area contributed by atoms with Crippen LogP contribution in [0.5, 0.6) is 0 Å². The molecular weight excluding hydrogens is 279 g/mol. The van der Waals surface area contributed by atoms with Crippen LogP contribution in [0.25, 0.3) is 6.08 Å². The molecule has 1 aromatic carbocycles. The topological polar surface area (TPSA) is 7.12 Å². The standard InChI is InChI=1S/C20H24BN2/c1-21-19-10-6-5-9-17(19)12-14-23(21)20-15-18(11-13-22(20)2)16-7-3-4-8-16/h5-6,9-16H,3-4,7-8H2,1-2H3/q+1. The van der Waals surface area contributed by atoms with E-state index in [0.29, 0.717) is 6.85 Å². The highest BCUT2D eigenvalue weighted by Gasteiger charge is 2.33. The maximum Gasteiger partial charge on any atom is 0.409 e. The van der Waals surface area contributed by atoms with Crippen molar-refractivity contribution in [3.8, 4) is 0 Å². The van der Waals surface area contributed by atoms with Gasteiger partial charge in [-0.25, -0.2) is 4.57 Å². The molecule has 3 heteroatoms. The molecule has 116 valence electrons. The summed E-state index contributed by atoms with van der Waals surface area (Å²) in [6, 6.07) is 13.4. The van der Waals surface area contributed by atoms with Gasteiger partial charge in [0, 0.05) is 6.07 Å². The van der Waals surface area contributed by atoms with Gasteiger partial charge in [-0.15, -0.1) is 0 Å². The Labute approximate surface area is 139 Å². The SMILES string of the molecule is CB1c2ccccc2C=CN1c1cc(C2CCCC2)cc[n+]1C. The first kappa shape index (κ1) is 14.6. The molecule has 2 nitrogen and oxygen atoms in total. The van der Waals surface area contributed by atoms with Crippen LogP contribution in [0.3, 0.4) is 0 Å². The number of hydrogen-bond donors (Lipinski definition) is 0. The maximum atomic E-state index is 2.41.